The van der Waals surface area contributed by atoms with Gasteiger partial charge in [0.15, 0.2) is 0 Å². The van der Waals surface area contributed by atoms with E-state index in [1.54, 1.807) is 12.1 Å². The van der Waals surface area contributed by atoms with Crippen molar-refractivity contribution in [3.8, 4) is 0 Å². The molecule has 2 aromatic carbocycles. The first-order chi connectivity index (χ1) is 43.8. The number of benzene rings is 2. The number of amides is 10. The van der Waals surface area contributed by atoms with Crippen molar-refractivity contribution in [3.63, 3.8) is 0 Å². The maximum Gasteiger partial charge on any atom is 0.246 e. The third kappa shape index (κ3) is 19.1. The molecule has 7 aliphatic rings. The van der Waals surface area contributed by atoms with Crippen LogP contribution in [0.3, 0.4) is 0 Å². The van der Waals surface area contributed by atoms with Crippen molar-refractivity contribution >= 4 is 59.1 Å². The Bertz CT molecular complexity index is 2790. The number of nitrogens with zero attached hydrogens (tertiary/aromatic N) is 2. The highest BCUT2D eigenvalue weighted by atomic mass is 16.2. The third-order valence-corrected chi connectivity index (χ3v) is 19.6. The molecule has 3 aliphatic heterocycles. The number of nitrogens with one attached hydrogen (secondary N) is 8. The van der Waals surface area contributed by atoms with Gasteiger partial charge in [0, 0.05) is 25.9 Å². The summed E-state index contributed by atoms with van der Waals surface area (Å²) >= 11 is 0. The first kappa shape index (κ1) is 69.9. The van der Waals surface area contributed by atoms with E-state index < -0.39 is 119 Å². The molecule has 24 heteroatoms. The second-order valence-electron chi connectivity index (χ2n) is 27.2. The maximum atomic E-state index is 15.3. The number of rotatable bonds is 20. The summed E-state index contributed by atoms with van der Waals surface area (Å²) < 4.78 is 0. The molecule has 500 valence electrons. The largest absolute Gasteiger partial charge is 0.343 e. The maximum absolute atomic E-state index is 15.3. The van der Waals surface area contributed by atoms with Crippen LogP contribution in [0.2, 0.25) is 0 Å². The summed E-state index contributed by atoms with van der Waals surface area (Å²) in [4.78, 5) is 152. The van der Waals surface area contributed by atoms with Crippen molar-refractivity contribution in [1.29, 1.82) is 0 Å². The molecule has 7 fully saturated rings. The van der Waals surface area contributed by atoms with E-state index in [0.717, 1.165) is 38.5 Å². The van der Waals surface area contributed by atoms with E-state index in [9.17, 15) is 24.0 Å². The Morgan fingerprint density at radius 2 is 0.725 bits per heavy atom. The van der Waals surface area contributed by atoms with Crippen LogP contribution in [0.4, 0.5) is 0 Å². The van der Waals surface area contributed by atoms with Gasteiger partial charge in [-0.05, 0) is 195 Å². The molecule has 3 heterocycles. The van der Waals surface area contributed by atoms with Gasteiger partial charge in [0.25, 0.3) is 0 Å². The van der Waals surface area contributed by atoms with Crippen LogP contribution >= 0.6 is 0 Å². The Morgan fingerprint density at radius 1 is 0.418 bits per heavy atom. The number of carbonyl (C=O) groups excluding carboxylic acids is 10. The summed E-state index contributed by atoms with van der Waals surface area (Å²) in [5.74, 6) is -5.03. The predicted octanol–water partition coefficient (Wildman–Crippen LogP) is 0.954. The van der Waals surface area contributed by atoms with Crippen molar-refractivity contribution < 1.29 is 47.9 Å². The summed E-state index contributed by atoms with van der Waals surface area (Å²) in [7, 11) is 0. The second-order valence-corrected chi connectivity index (χ2v) is 27.2. The minimum atomic E-state index is -1.24. The van der Waals surface area contributed by atoms with E-state index >= 15 is 24.0 Å². The van der Waals surface area contributed by atoms with Gasteiger partial charge >= 0.3 is 0 Å². The molecule has 24 nitrogen and oxygen atoms in total. The minimum absolute atomic E-state index is 0.0141. The normalized spacial score (nSPS) is 31.0. The molecule has 0 radical (unpaired) electrons. The highest BCUT2D eigenvalue weighted by Crippen LogP contribution is 2.61. The molecule has 0 aromatic heterocycles. The zero-order chi connectivity index (χ0) is 65.2. The standard InChI is InChI=1S/C67H102N14O10/c1-41(2)31-51-61(86)72-47(19-9-25-68)58(83)77-52(35-42-15-5-3-6-16-42)65(90)81-30-14-24-56(81)64(89)75-50(22-12-28-71)60(85)79-54(40-67-37-44-32-45(38-67)34-46(33-44)39-67)62(87)73-48(20-10-26-69)59(84)78-53(36-43-17-7-4-8-18-43)66(91)80-29-13-23-55(80)63(88)74-49(21-11-27-70)57(82)76-51/h3-8,15-18,41,44-56H,9-14,19-40,68-71H2,1-2H3,(H,72,86)(H,73,87)(H,74,88)(H,75,89)(H,76,82)(H,77,83)(H,78,84)(H,79,85)/t44?,45?,46?,47-,48-,49-,50-,51-,52+,53+,54-,55-,56-,67?/m0/s1. The SMILES string of the molecule is CC(C)C[C@@H]1NC(=O)[C@H](CCCN)NC(=O)[C@@H]2CCCN2C(=O)[C@@H](Cc2ccccc2)NC(=O)[C@H](CCCN)NC(=O)[C@H](CC23CC4CC(CC(C4)C2)C3)NC(=O)[C@H](CCCN)NC(=O)[C@@H]2CCCN2C(=O)[C@@H](Cc2ccccc2)NC(=O)[C@H](CCCN)NC1=O. The predicted molar refractivity (Wildman–Crippen MR) is 343 cm³/mol. The van der Waals surface area contributed by atoms with Gasteiger partial charge in [-0.3, -0.25) is 47.9 Å². The van der Waals surface area contributed by atoms with Gasteiger partial charge in [-0.1, -0.05) is 74.5 Å². The summed E-state index contributed by atoms with van der Waals surface area (Å²) in [6.45, 7) is 4.71. The number of hydrogen-bond donors (Lipinski definition) is 12. The molecule has 4 aliphatic carbocycles. The molecule has 4 bridgehead atoms. The zero-order valence-corrected chi connectivity index (χ0v) is 53.4. The summed E-state index contributed by atoms with van der Waals surface area (Å²) in [6.07, 6.45) is 9.35. The van der Waals surface area contributed by atoms with Crippen molar-refractivity contribution in [2.75, 3.05) is 39.3 Å². The molecule has 9 rings (SSSR count). The van der Waals surface area contributed by atoms with E-state index in [-0.39, 0.29) is 115 Å². The minimum Gasteiger partial charge on any atom is -0.343 e. The van der Waals surface area contributed by atoms with Crippen LogP contribution in [-0.2, 0) is 60.8 Å². The fraction of sp³-hybridized carbons (Fsp3) is 0.672. The van der Waals surface area contributed by atoms with Gasteiger partial charge in [-0.15, -0.1) is 0 Å². The summed E-state index contributed by atoms with van der Waals surface area (Å²) in [5.41, 5.74) is 25.3. The monoisotopic (exact) mass is 1260 g/mol. The number of fused-ring (bicyclic) bond motifs is 2. The molecule has 0 spiro atoms. The van der Waals surface area contributed by atoms with Crippen LogP contribution in [0.25, 0.3) is 0 Å². The van der Waals surface area contributed by atoms with Crippen LogP contribution < -0.4 is 65.5 Å². The van der Waals surface area contributed by atoms with Crippen molar-refractivity contribution in [2.24, 2.45) is 52.0 Å². The van der Waals surface area contributed by atoms with E-state index in [2.05, 4.69) is 42.5 Å². The van der Waals surface area contributed by atoms with Gasteiger partial charge in [0.2, 0.25) is 59.1 Å². The van der Waals surface area contributed by atoms with Gasteiger partial charge in [0.05, 0.1) is 0 Å². The molecular weight excluding hydrogens is 1160 g/mol. The van der Waals surface area contributed by atoms with Gasteiger partial charge in [0.1, 0.15) is 60.4 Å². The van der Waals surface area contributed by atoms with Crippen LogP contribution in [0.5, 0.6) is 0 Å². The first-order valence-corrected chi connectivity index (χ1v) is 33.7. The Labute approximate surface area is 535 Å². The van der Waals surface area contributed by atoms with Crippen LogP contribution in [0, 0.1) is 29.1 Å². The molecule has 10 atom stereocenters. The van der Waals surface area contributed by atoms with Crippen molar-refractivity contribution in [3.05, 3.63) is 71.8 Å². The average molecular weight is 1260 g/mol. The summed E-state index contributed by atoms with van der Waals surface area (Å²) in [5, 5.41) is 23.5. The lowest BCUT2D eigenvalue weighted by molar-refractivity contribution is -0.143. The fourth-order valence-corrected chi connectivity index (χ4v) is 15.5. The number of carbonyl (C=O) groups is 10. The van der Waals surface area contributed by atoms with Gasteiger partial charge < -0.3 is 75.3 Å². The molecule has 2 aromatic rings. The average Bonchev–Trinajstić information content (AvgIpc) is 1.40. The van der Waals surface area contributed by atoms with E-state index in [0.29, 0.717) is 67.4 Å². The Kier molecular flexibility index (Phi) is 25.7. The van der Waals surface area contributed by atoms with Crippen LogP contribution in [0.15, 0.2) is 60.7 Å². The molecule has 3 saturated heterocycles. The Hall–Kier alpha value is -7.02. The topological polar surface area (TPSA) is 377 Å². The molecule has 16 N–H and O–H groups in total. The fourth-order valence-electron chi connectivity index (χ4n) is 15.5. The number of hydrogen-bond acceptors (Lipinski definition) is 14. The lowest BCUT2D eigenvalue weighted by Crippen LogP contribution is -2.62. The molecule has 10 amide bonds. The lowest BCUT2D eigenvalue weighted by atomic mass is 9.48. The van der Waals surface area contributed by atoms with Gasteiger partial charge in [-0.2, -0.15) is 0 Å². The van der Waals surface area contributed by atoms with E-state index in [1.807, 2.05) is 62.4 Å². The van der Waals surface area contributed by atoms with Crippen LogP contribution in [0.1, 0.15) is 153 Å². The quantitative estimate of drug-likeness (QED) is 0.0879. The zero-order valence-electron chi connectivity index (χ0n) is 53.4. The first-order valence-electron chi connectivity index (χ1n) is 33.7. The Balaban J connectivity index is 1.17. The molecule has 0 unspecified atom stereocenters. The molecular formula is C67H102N14O10. The highest BCUT2D eigenvalue weighted by Gasteiger charge is 2.53. The van der Waals surface area contributed by atoms with Crippen molar-refractivity contribution in [1.82, 2.24) is 52.3 Å². The van der Waals surface area contributed by atoms with E-state index in [4.69, 9.17) is 22.9 Å². The Morgan fingerprint density at radius 3 is 1.08 bits per heavy atom. The van der Waals surface area contributed by atoms with Crippen LogP contribution in [-0.4, -0.2) is 169 Å². The van der Waals surface area contributed by atoms with Gasteiger partial charge in [-0.25, -0.2) is 0 Å². The third-order valence-electron chi connectivity index (χ3n) is 19.6. The van der Waals surface area contributed by atoms with Crippen molar-refractivity contribution in [2.45, 2.75) is 216 Å². The highest BCUT2D eigenvalue weighted by molar-refractivity contribution is 6.00. The molecule has 4 saturated carbocycles. The second kappa shape index (κ2) is 33.5. The lowest BCUT2D eigenvalue weighted by Gasteiger charge is -2.57. The smallest absolute Gasteiger partial charge is 0.246 e. The van der Waals surface area contributed by atoms with E-state index in [1.165, 1.54) is 9.80 Å². The molecule has 91 heavy (non-hydrogen) atoms. The number of nitrogens with two attached hydrogens (primary N) is 4. The summed E-state index contributed by atoms with van der Waals surface area (Å²) in [6, 6.07) is 6.24.